The average molecular weight is 870 g/mol. The van der Waals surface area contributed by atoms with E-state index in [0.29, 0.717) is 12.8 Å². The Balaban J connectivity index is 1.85. The molecule has 2 aliphatic heterocycles. The molecule has 0 aromatic rings. The molecule has 354 valence electrons. The van der Waals surface area contributed by atoms with E-state index in [1.165, 1.54) is 70.6 Å². The van der Waals surface area contributed by atoms with Gasteiger partial charge in [-0.05, 0) is 64.7 Å². The molecule has 9 N–H and O–H groups in total. The largest absolute Gasteiger partial charge is 0.394 e. The fourth-order valence-electron chi connectivity index (χ4n) is 7.44. The molecule has 0 aromatic heterocycles. The van der Waals surface area contributed by atoms with E-state index in [1.54, 1.807) is 6.08 Å². The van der Waals surface area contributed by atoms with Gasteiger partial charge in [-0.15, -0.1) is 0 Å². The van der Waals surface area contributed by atoms with Crippen LogP contribution in [0.1, 0.15) is 149 Å². The van der Waals surface area contributed by atoms with Crippen molar-refractivity contribution in [2.75, 3.05) is 19.8 Å². The number of nitrogens with one attached hydrogen (secondary N) is 1. The highest BCUT2D eigenvalue weighted by molar-refractivity contribution is 5.76. The molecule has 0 bridgehead atoms. The topological polar surface area (TPSA) is 228 Å². The first-order chi connectivity index (χ1) is 29.6. The number of allylic oxidation sites excluding steroid dienone is 7. The number of rotatable bonds is 34. The molecule has 2 saturated heterocycles. The van der Waals surface area contributed by atoms with Crippen molar-refractivity contribution in [3.05, 3.63) is 48.6 Å². The van der Waals surface area contributed by atoms with Crippen LogP contribution in [0, 0.1) is 0 Å². The SMILES string of the molecule is C/C=C/CC/C=C/CC/C=C/C(O)C(COC1OC(CO)C(OC2OC(CO)C(O)C(O)C2O)C(O)C1O)NC(=O)CCCCCCCCC/C=C\CCCCCCCCC. The Morgan fingerprint density at radius 3 is 1.70 bits per heavy atom. The minimum Gasteiger partial charge on any atom is -0.394 e. The second-order valence-corrected chi connectivity index (χ2v) is 16.5. The standard InChI is InChI=1S/C47H83NO13/c1-3-5-7-9-11-13-14-15-16-17-18-19-20-21-23-25-27-29-31-39(52)48-35(36(51)30-28-26-24-22-12-10-8-6-4-2)34-58-46-44(57)42(55)45(38(33-50)60-46)61-47-43(56)41(54)40(53)37(32-49)59-47/h4,6,12,16-17,22,28,30,35-38,40-47,49-51,53-57H,3,5,7-11,13-15,18-21,23-27,29,31-34H2,1-2H3,(H,48,52)/b6-4+,17-16-,22-12+,30-28+. The van der Waals surface area contributed by atoms with Crippen LogP contribution in [0.15, 0.2) is 48.6 Å². The molecular weight excluding hydrogens is 787 g/mol. The summed E-state index contributed by atoms with van der Waals surface area (Å²) in [5, 5.41) is 86.3. The third kappa shape index (κ3) is 22.4. The zero-order valence-electron chi connectivity index (χ0n) is 37.1. The number of unbranched alkanes of at least 4 members (excludes halogenated alkanes) is 16. The number of carbonyl (C=O) groups excluding carboxylic acids is 1. The molecule has 0 aliphatic carbocycles. The van der Waals surface area contributed by atoms with E-state index in [0.717, 1.165) is 44.9 Å². The fraction of sp³-hybridized carbons (Fsp3) is 0.809. The quantitative estimate of drug-likeness (QED) is 0.0309. The molecule has 1 amide bonds. The molecule has 0 aromatic carbocycles. The van der Waals surface area contributed by atoms with Crippen molar-refractivity contribution in [1.82, 2.24) is 5.32 Å². The lowest BCUT2D eigenvalue weighted by atomic mass is 9.97. The smallest absolute Gasteiger partial charge is 0.220 e. The fourth-order valence-corrected chi connectivity index (χ4v) is 7.44. The number of hydrogen-bond acceptors (Lipinski definition) is 13. The van der Waals surface area contributed by atoms with E-state index in [4.69, 9.17) is 18.9 Å². The molecule has 2 fully saturated rings. The van der Waals surface area contributed by atoms with Crippen molar-refractivity contribution in [2.24, 2.45) is 0 Å². The average Bonchev–Trinajstić information content (AvgIpc) is 3.26. The van der Waals surface area contributed by atoms with Gasteiger partial charge in [0.15, 0.2) is 12.6 Å². The van der Waals surface area contributed by atoms with Crippen LogP contribution in [0.5, 0.6) is 0 Å². The van der Waals surface area contributed by atoms with Gasteiger partial charge >= 0.3 is 0 Å². The van der Waals surface area contributed by atoms with Gasteiger partial charge in [-0.25, -0.2) is 0 Å². The highest BCUT2D eigenvalue weighted by Gasteiger charge is 2.50. The minimum atomic E-state index is -1.79. The van der Waals surface area contributed by atoms with Gasteiger partial charge < -0.3 is 65.1 Å². The zero-order valence-corrected chi connectivity index (χ0v) is 37.1. The molecule has 12 unspecified atom stereocenters. The van der Waals surface area contributed by atoms with Gasteiger partial charge in [0.1, 0.15) is 48.8 Å². The van der Waals surface area contributed by atoms with Gasteiger partial charge in [0.2, 0.25) is 5.91 Å². The highest BCUT2D eigenvalue weighted by Crippen LogP contribution is 2.30. The van der Waals surface area contributed by atoms with Gasteiger partial charge in [0.25, 0.3) is 0 Å². The summed E-state index contributed by atoms with van der Waals surface area (Å²) in [7, 11) is 0. The first-order valence-corrected chi connectivity index (χ1v) is 23.3. The Labute approximate surface area is 365 Å². The lowest BCUT2D eigenvalue weighted by Gasteiger charge is -2.46. The maximum absolute atomic E-state index is 13.1. The summed E-state index contributed by atoms with van der Waals surface area (Å²) in [6, 6.07) is -0.937. The van der Waals surface area contributed by atoms with Crippen LogP contribution in [0.3, 0.4) is 0 Å². The van der Waals surface area contributed by atoms with Crippen molar-refractivity contribution in [1.29, 1.82) is 0 Å². The van der Waals surface area contributed by atoms with Crippen LogP contribution in [-0.4, -0.2) is 140 Å². The Morgan fingerprint density at radius 1 is 0.607 bits per heavy atom. The Bertz CT molecular complexity index is 1210. The second kappa shape index (κ2) is 34.4. The number of amides is 1. The first-order valence-electron chi connectivity index (χ1n) is 23.3. The maximum Gasteiger partial charge on any atom is 0.220 e. The van der Waals surface area contributed by atoms with E-state index in [-0.39, 0.29) is 18.9 Å². The van der Waals surface area contributed by atoms with Crippen LogP contribution >= 0.6 is 0 Å². The molecule has 2 aliphatic rings. The lowest BCUT2D eigenvalue weighted by Crippen LogP contribution is -2.65. The van der Waals surface area contributed by atoms with Crippen LogP contribution in [0.4, 0.5) is 0 Å². The van der Waals surface area contributed by atoms with E-state index in [1.807, 2.05) is 19.1 Å². The third-order valence-corrected chi connectivity index (χ3v) is 11.3. The summed E-state index contributed by atoms with van der Waals surface area (Å²) in [4.78, 5) is 13.1. The maximum atomic E-state index is 13.1. The van der Waals surface area contributed by atoms with E-state index >= 15 is 0 Å². The Hall–Kier alpha value is -2.05. The monoisotopic (exact) mass is 870 g/mol. The van der Waals surface area contributed by atoms with Crippen molar-refractivity contribution >= 4 is 5.91 Å². The van der Waals surface area contributed by atoms with Gasteiger partial charge in [0, 0.05) is 6.42 Å². The van der Waals surface area contributed by atoms with Gasteiger partial charge in [0.05, 0.1) is 32.0 Å². The van der Waals surface area contributed by atoms with Crippen LogP contribution < -0.4 is 5.32 Å². The molecule has 14 nitrogen and oxygen atoms in total. The van der Waals surface area contributed by atoms with Crippen LogP contribution in [0.2, 0.25) is 0 Å². The van der Waals surface area contributed by atoms with E-state index in [9.17, 15) is 45.6 Å². The number of ether oxygens (including phenoxy) is 4. The summed E-state index contributed by atoms with van der Waals surface area (Å²) in [6.45, 7) is 2.49. The molecule has 0 radical (unpaired) electrons. The molecule has 2 rings (SSSR count). The summed E-state index contributed by atoms with van der Waals surface area (Å²) >= 11 is 0. The predicted molar refractivity (Wildman–Crippen MR) is 235 cm³/mol. The van der Waals surface area contributed by atoms with Crippen molar-refractivity contribution in [3.63, 3.8) is 0 Å². The first kappa shape index (κ1) is 55.1. The second-order valence-electron chi connectivity index (χ2n) is 16.5. The molecular formula is C47H83NO13. The van der Waals surface area contributed by atoms with Gasteiger partial charge in [-0.2, -0.15) is 0 Å². The third-order valence-electron chi connectivity index (χ3n) is 11.3. The number of hydrogen-bond donors (Lipinski definition) is 9. The van der Waals surface area contributed by atoms with Gasteiger partial charge in [-0.3, -0.25) is 4.79 Å². The lowest BCUT2D eigenvalue weighted by molar-refractivity contribution is -0.359. The number of carbonyl (C=O) groups is 1. The Morgan fingerprint density at radius 2 is 1.11 bits per heavy atom. The molecule has 0 spiro atoms. The zero-order chi connectivity index (χ0) is 44.7. The van der Waals surface area contributed by atoms with Gasteiger partial charge in [-0.1, -0.05) is 126 Å². The summed E-state index contributed by atoms with van der Waals surface area (Å²) < 4.78 is 22.6. The van der Waals surface area contributed by atoms with Crippen molar-refractivity contribution < 1.29 is 64.6 Å². The summed E-state index contributed by atoms with van der Waals surface area (Å²) in [6.07, 6.45) is 21.9. The van der Waals surface area contributed by atoms with Crippen LogP contribution in [0.25, 0.3) is 0 Å². The van der Waals surface area contributed by atoms with Crippen molar-refractivity contribution in [3.8, 4) is 0 Å². The van der Waals surface area contributed by atoms with E-state index < -0.39 is 86.8 Å². The number of aliphatic hydroxyl groups is 8. The molecule has 2 heterocycles. The molecule has 61 heavy (non-hydrogen) atoms. The highest BCUT2D eigenvalue weighted by atomic mass is 16.7. The summed E-state index contributed by atoms with van der Waals surface area (Å²) in [5.74, 6) is -0.264. The van der Waals surface area contributed by atoms with Crippen LogP contribution in [-0.2, 0) is 23.7 Å². The molecule has 0 saturated carbocycles. The van der Waals surface area contributed by atoms with Crippen molar-refractivity contribution in [2.45, 2.75) is 222 Å². The van der Waals surface area contributed by atoms with E-state index in [2.05, 4.69) is 42.6 Å². The predicted octanol–water partition coefficient (Wildman–Crippen LogP) is 4.93. The number of aliphatic hydroxyl groups excluding tert-OH is 8. The molecule has 12 atom stereocenters. The summed E-state index contributed by atoms with van der Waals surface area (Å²) in [5.41, 5.74) is 0. The minimum absolute atomic E-state index is 0.263. The Kier molecular flexibility index (Phi) is 31.0. The molecule has 14 heteroatoms. The normalized spacial score (nSPS) is 28.4.